The molecule has 1 heterocycles. The number of carbonyl (C=O) groups excluding carboxylic acids is 1. The van der Waals surface area contributed by atoms with Crippen molar-refractivity contribution in [1.29, 1.82) is 0 Å². The van der Waals surface area contributed by atoms with Gasteiger partial charge >= 0.3 is 0 Å². The lowest BCUT2D eigenvalue weighted by Crippen LogP contribution is -2.35. The maximum absolute atomic E-state index is 12.7. The summed E-state index contributed by atoms with van der Waals surface area (Å²) in [6.45, 7) is 11.1. The highest BCUT2D eigenvalue weighted by Crippen LogP contribution is 2.19. The largest absolute Gasteiger partial charge is 0.382 e. The average Bonchev–Trinajstić information content (AvgIpc) is 2.50. The third-order valence-corrected chi connectivity index (χ3v) is 3.66. The van der Waals surface area contributed by atoms with Gasteiger partial charge in [0, 0.05) is 25.6 Å². The van der Waals surface area contributed by atoms with E-state index in [1.165, 1.54) is 0 Å². The zero-order chi connectivity index (χ0) is 16.0. The van der Waals surface area contributed by atoms with Crippen LogP contribution in [0.5, 0.6) is 0 Å². The number of amides is 1. The van der Waals surface area contributed by atoms with E-state index in [9.17, 15) is 4.79 Å². The lowest BCUT2D eigenvalue weighted by Gasteiger charge is -2.24. The van der Waals surface area contributed by atoms with Crippen molar-refractivity contribution >= 4 is 11.6 Å². The van der Waals surface area contributed by atoms with Crippen molar-refractivity contribution in [2.24, 2.45) is 0 Å². The van der Waals surface area contributed by atoms with Gasteiger partial charge in [0.15, 0.2) is 5.69 Å². The minimum Gasteiger partial charge on any atom is -0.382 e. The predicted octanol–water partition coefficient (Wildman–Crippen LogP) is 3.29. The molecule has 0 saturated carbocycles. The van der Waals surface area contributed by atoms with Crippen LogP contribution in [0, 0.1) is 0 Å². The van der Waals surface area contributed by atoms with Gasteiger partial charge in [-0.1, -0.05) is 27.7 Å². The van der Waals surface area contributed by atoms with E-state index < -0.39 is 0 Å². The maximum Gasteiger partial charge on any atom is 0.274 e. The second-order valence-electron chi connectivity index (χ2n) is 5.75. The summed E-state index contributed by atoms with van der Waals surface area (Å²) in [7, 11) is 1.83. The monoisotopic (exact) mass is 292 g/mol. The molecule has 5 heteroatoms. The molecule has 21 heavy (non-hydrogen) atoms. The Morgan fingerprint density at radius 2 is 2.00 bits per heavy atom. The fourth-order valence-corrected chi connectivity index (χ4v) is 1.87. The van der Waals surface area contributed by atoms with Crippen LogP contribution < -0.4 is 5.32 Å². The lowest BCUT2D eigenvalue weighted by atomic mass is 10.1. The molecular weight excluding hydrogens is 264 g/mol. The Hall–Kier alpha value is -1.65. The van der Waals surface area contributed by atoms with Crippen molar-refractivity contribution in [3.8, 4) is 0 Å². The van der Waals surface area contributed by atoms with Crippen molar-refractivity contribution in [3.63, 3.8) is 0 Å². The Labute approximate surface area is 128 Å². The van der Waals surface area contributed by atoms with Crippen LogP contribution in [0.15, 0.2) is 6.20 Å². The zero-order valence-corrected chi connectivity index (χ0v) is 14.1. The van der Waals surface area contributed by atoms with Crippen LogP contribution in [0.25, 0.3) is 0 Å². The molecule has 0 aromatic carbocycles. The summed E-state index contributed by atoms with van der Waals surface area (Å²) in [5.41, 5.74) is 1.20. The van der Waals surface area contributed by atoms with Crippen LogP contribution in [-0.4, -0.2) is 40.4 Å². The Balaban J connectivity index is 3.15. The molecule has 1 amide bonds. The maximum atomic E-state index is 12.7. The Bertz CT molecular complexity index is 473. The Morgan fingerprint density at radius 3 is 2.52 bits per heavy atom. The minimum absolute atomic E-state index is 0.0488. The smallest absolute Gasteiger partial charge is 0.274 e. The van der Waals surface area contributed by atoms with Crippen molar-refractivity contribution in [2.75, 3.05) is 18.9 Å². The summed E-state index contributed by atoms with van der Waals surface area (Å²) in [6.07, 6.45) is 3.64. The van der Waals surface area contributed by atoms with Gasteiger partial charge in [-0.05, 0) is 19.8 Å². The van der Waals surface area contributed by atoms with Crippen LogP contribution in [-0.2, 0) is 0 Å². The normalized spacial score (nSPS) is 12.3. The Morgan fingerprint density at radius 1 is 1.33 bits per heavy atom. The summed E-state index contributed by atoms with van der Waals surface area (Å²) in [5.74, 6) is 0.857. The third-order valence-electron chi connectivity index (χ3n) is 3.66. The van der Waals surface area contributed by atoms with Gasteiger partial charge in [-0.3, -0.25) is 4.79 Å². The van der Waals surface area contributed by atoms with Gasteiger partial charge in [-0.15, -0.1) is 0 Å². The molecule has 0 aliphatic carbocycles. The first-order valence-corrected chi connectivity index (χ1v) is 7.80. The number of hydrogen-bond acceptors (Lipinski definition) is 4. The van der Waals surface area contributed by atoms with Gasteiger partial charge in [0.2, 0.25) is 0 Å². The fourth-order valence-electron chi connectivity index (χ4n) is 1.87. The lowest BCUT2D eigenvalue weighted by molar-refractivity contribution is 0.0735. The van der Waals surface area contributed by atoms with Crippen molar-refractivity contribution in [2.45, 2.75) is 59.4 Å². The summed E-state index contributed by atoms with van der Waals surface area (Å²) in [5, 5.41) is 3.25. The summed E-state index contributed by atoms with van der Waals surface area (Å²) < 4.78 is 0. The zero-order valence-electron chi connectivity index (χ0n) is 14.1. The minimum atomic E-state index is -0.0488. The van der Waals surface area contributed by atoms with Crippen LogP contribution >= 0.6 is 0 Å². The molecule has 0 aliphatic rings. The quantitative estimate of drug-likeness (QED) is 0.837. The molecule has 0 saturated heterocycles. The first-order chi connectivity index (χ1) is 9.92. The number of aromatic nitrogens is 2. The molecule has 1 rings (SSSR count). The summed E-state index contributed by atoms with van der Waals surface area (Å²) in [6, 6.07) is 0.189. The van der Waals surface area contributed by atoms with Crippen molar-refractivity contribution < 1.29 is 4.79 Å². The Kier molecular flexibility index (Phi) is 6.59. The number of nitrogens with one attached hydrogen (secondary N) is 1. The fraction of sp³-hybridized carbons (Fsp3) is 0.688. The molecule has 1 atom stereocenters. The second kappa shape index (κ2) is 7.96. The standard InChI is InChI=1S/C16H28N4O/c1-7-9-17-13-10-18-15(11(3)4)19-14(13)16(21)20(6)12(5)8-2/h10-12,17H,7-9H2,1-6H3. The SMILES string of the molecule is CCCNc1cnc(C(C)C)nc1C(=O)N(C)C(C)CC. The number of rotatable bonds is 7. The van der Waals surface area contributed by atoms with Crippen LogP contribution in [0.4, 0.5) is 5.69 Å². The molecule has 1 aromatic heterocycles. The molecule has 1 aromatic rings. The molecule has 1 N–H and O–H groups in total. The van der Waals surface area contributed by atoms with E-state index in [0.717, 1.165) is 25.1 Å². The molecule has 0 aliphatic heterocycles. The third kappa shape index (κ3) is 4.41. The number of hydrogen-bond donors (Lipinski definition) is 1. The summed E-state index contributed by atoms with van der Waals surface area (Å²) in [4.78, 5) is 23.3. The van der Waals surface area contributed by atoms with Gasteiger partial charge in [0.05, 0.1) is 11.9 Å². The molecule has 5 nitrogen and oxygen atoms in total. The predicted molar refractivity (Wildman–Crippen MR) is 86.7 cm³/mol. The van der Waals surface area contributed by atoms with Gasteiger partial charge in [-0.25, -0.2) is 9.97 Å². The van der Waals surface area contributed by atoms with E-state index in [1.54, 1.807) is 11.1 Å². The van der Waals surface area contributed by atoms with Crippen LogP contribution in [0.3, 0.4) is 0 Å². The van der Waals surface area contributed by atoms with E-state index >= 15 is 0 Å². The molecule has 0 spiro atoms. The highest BCUT2D eigenvalue weighted by atomic mass is 16.2. The van der Waals surface area contributed by atoms with Gasteiger partial charge in [0.25, 0.3) is 5.91 Å². The molecular formula is C16H28N4O. The van der Waals surface area contributed by atoms with Crippen LogP contribution in [0.1, 0.15) is 69.7 Å². The molecule has 0 radical (unpaired) electrons. The van der Waals surface area contributed by atoms with Gasteiger partial charge in [0.1, 0.15) is 5.82 Å². The number of anilines is 1. The highest BCUT2D eigenvalue weighted by molar-refractivity contribution is 5.97. The van der Waals surface area contributed by atoms with E-state index in [1.807, 2.05) is 27.8 Å². The van der Waals surface area contributed by atoms with Crippen molar-refractivity contribution in [1.82, 2.24) is 14.9 Å². The molecule has 0 fully saturated rings. The van der Waals surface area contributed by atoms with E-state index in [-0.39, 0.29) is 17.9 Å². The first kappa shape index (κ1) is 17.4. The van der Waals surface area contributed by atoms with E-state index in [2.05, 4.69) is 29.1 Å². The summed E-state index contributed by atoms with van der Waals surface area (Å²) >= 11 is 0. The van der Waals surface area contributed by atoms with E-state index in [4.69, 9.17) is 0 Å². The van der Waals surface area contributed by atoms with Gasteiger partial charge < -0.3 is 10.2 Å². The van der Waals surface area contributed by atoms with Crippen molar-refractivity contribution in [3.05, 3.63) is 17.7 Å². The highest BCUT2D eigenvalue weighted by Gasteiger charge is 2.22. The molecule has 1 unspecified atom stereocenters. The molecule has 118 valence electrons. The van der Waals surface area contributed by atoms with Crippen LogP contribution in [0.2, 0.25) is 0 Å². The molecule has 0 bridgehead atoms. The topological polar surface area (TPSA) is 58.1 Å². The number of carbonyl (C=O) groups is 1. The first-order valence-electron chi connectivity index (χ1n) is 7.80. The van der Waals surface area contributed by atoms with E-state index in [0.29, 0.717) is 11.5 Å². The second-order valence-corrected chi connectivity index (χ2v) is 5.75. The van der Waals surface area contributed by atoms with Gasteiger partial charge in [-0.2, -0.15) is 0 Å². The number of nitrogens with zero attached hydrogens (tertiary/aromatic N) is 3. The average molecular weight is 292 g/mol.